The van der Waals surface area contributed by atoms with Gasteiger partial charge in [0.05, 0.1) is 0 Å². The van der Waals surface area contributed by atoms with Crippen molar-refractivity contribution < 1.29 is 0 Å². The first kappa shape index (κ1) is 8.61. The zero-order valence-electron chi connectivity index (χ0n) is 7.66. The van der Waals surface area contributed by atoms with Crippen molar-refractivity contribution in [3.63, 3.8) is 0 Å². The third kappa shape index (κ3) is 1.30. The first-order valence-corrected chi connectivity index (χ1v) is 4.23. The molecule has 0 amide bonds. The van der Waals surface area contributed by atoms with Crippen molar-refractivity contribution in [1.82, 2.24) is 24.3 Å². The molecule has 0 saturated heterocycles. The first-order valence-electron chi connectivity index (χ1n) is 4.23. The minimum Gasteiger partial charge on any atom is -0.311 e. The van der Waals surface area contributed by atoms with Gasteiger partial charge in [-0.25, -0.2) is 9.97 Å². The van der Waals surface area contributed by atoms with Gasteiger partial charge in [0.2, 0.25) is 5.82 Å². The molecule has 0 radical (unpaired) electrons. The maximum atomic E-state index is 11.7. The smallest absolute Gasteiger partial charge is 0.295 e. The van der Waals surface area contributed by atoms with Crippen LogP contribution in [0.5, 0.6) is 0 Å². The molecule has 0 aliphatic rings. The molecule has 2 rings (SSSR count). The quantitative estimate of drug-likeness (QED) is 0.661. The summed E-state index contributed by atoms with van der Waals surface area (Å²) in [5, 5.41) is 3.85. The third-order valence-electron chi connectivity index (χ3n) is 1.87. The van der Waals surface area contributed by atoms with Gasteiger partial charge in [-0.2, -0.15) is 9.78 Å². The van der Waals surface area contributed by atoms with Gasteiger partial charge in [0.25, 0.3) is 5.56 Å². The zero-order valence-corrected chi connectivity index (χ0v) is 7.66. The number of hydrogen-bond donors (Lipinski definition) is 0. The van der Waals surface area contributed by atoms with Crippen molar-refractivity contribution in [3.05, 3.63) is 35.4 Å². The van der Waals surface area contributed by atoms with Gasteiger partial charge in [-0.1, -0.05) is 0 Å². The number of aryl methyl sites for hydroxylation is 1. The summed E-state index contributed by atoms with van der Waals surface area (Å²) >= 11 is 0. The van der Waals surface area contributed by atoms with Gasteiger partial charge in [-0.15, -0.1) is 0 Å². The van der Waals surface area contributed by atoms with Gasteiger partial charge in [0, 0.05) is 18.9 Å². The summed E-state index contributed by atoms with van der Waals surface area (Å²) < 4.78 is 2.92. The van der Waals surface area contributed by atoms with Crippen LogP contribution >= 0.6 is 0 Å². The summed E-state index contributed by atoms with van der Waals surface area (Å²) in [6.07, 6.45) is 6.03. The van der Waals surface area contributed by atoms with Gasteiger partial charge in [0.1, 0.15) is 12.7 Å². The molecule has 0 N–H and O–H groups in total. The SMILES string of the molecule is CCn1ccnc(-n2cncn2)c1=O. The fourth-order valence-corrected chi connectivity index (χ4v) is 1.16. The largest absolute Gasteiger partial charge is 0.311 e. The highest BCUT2D eigenvalue weighted by atomic mass is 16.1. The Bertz CT molecular complexity index is 473. The summed E-state index contributed by atoms with van der Waals surface area (Å²) in [6, 6.07) is 0. The zero-order chi connectivity index (χ0) is 9.97. The van der Waals surface area contributed by atoms with E-state index in [1.165, 1.54) is 17.3 Å². The number of hydrogen-bond acceptors (Lipinski definition) is 4. The molecule has 0 fully saturated rings. The molecular formula is C8H9N5O. The van der Waals surface area contributed by atoms with Crippen LogP contribution in [0.25, 0.3) is 5.82 Å². The van der Waals surface area contributed by atoms with Crippen molar-refractivity contribution in [2.24, 2.45) is 0 Å². The maximum Gasteiger partial charge on any atom is 0.295 e. The van der Waals surface area contributed by atoms with Crippen molar-refractivity contribution in [2.75, 3.05) is 0 Å². The number of nitrogens with zero attached hydrogens (tertiary/aromatic N) is 5. The van der Waals surface area contributed by atoms with E-state index < -0.39 is 0 Å². The highest BCUT2D eigenvalue weighted by Crippen LogP contribution is 1.92. The first-order chi connectivity index (χ1) is 6.83. The Morgan fingerprint density at radius 1 is 1.50 bits per heavy atom. The van der Waals surface area contributed by atoms with Crippen LogP contribution in [-0.4, -0.2) is 24.3 Å². The van der Waals surface area contributed by atoms with E-state index >= 15 is 0 Å². The maximum absolute atomic E-state index is 11.7. The van der Waals surface area contributed by atoms with E-state index in [1.54, 1.807) is 17.0 Å². The Kier molecular flexibility index (Phi) is 2.10. The minimum absolute atomic E-state index is 0.166. The molecule has 2 heterocycles. The van der Waals surface area contributed by atoms with Crippen LogP contribution in [0, 0.1) is 0 Å². The third-order valence-corrected chi connectivity index (χ3v) is 1.87. The van der Waals surface area contributed by atoms with Crippen LogP contribution in [0.2, 0.25) is 0 Å². The van der Waals surface area contributed by atoms with Gasteiger partial charge in [0.15, 0.2) is 0 Å². The summed E-state index contributed by atoms with van der Waals surface area (Å²) in [5.41, 5.74) is -0.166. The van der Waals surface area contributed by atoms with Crippen LogP contribution in [0.1, 0.15) is 6.92 Å². The molecule has 0 aliphatic carbocycles. The van der Waals surface area contributed by atoms with Gasteiger partial charge in [-0.05, 0) is 6.92 Å². The Morgan fingerprint density at radius 2 is 2.36 bits per heavy atom. The minimum atomic E-state index is -0.166. The van der Waals surface area contributed by atoms with Crippen LogP contribution in [0.4, 0.5) is 0 Å². The number of aromatic nitrogens is 5. The van der Waals surface area contributed by atoms with E-state index in [0.29, 0.717) is 6.54 Å². The molecule has 0 saturated carbocycles. The normalized spacial score (nSPS) is 10.4. The van der Waals surface area contributed by atoms with Gasteiger partial charge < -0.3 is 4.57 Å². The molecule has 0 aromatic carbocycles. The van der Waals surface area contributed by atoms with E-state index in [-0.39, 0.29) is 11.4 Å². The molecule has 6 nitrogen and oxygen atoms in total. The standard InChI is InChI=1S/C8H9N5O/c1-2-12-4-3-10-7(8(12)14)13-6-9-5-11-13/h3-6H,2H2,1H3. The summed E-state index contributed by atoms with van der Waals surface area (Å²) in [7, 11) is 0. The van der Waals surface area contributed by atoms with Crippen LogP contribution < -0.4 is 5.56 Å². The second kappa shape index (κ2) is 3.41. The molecule has 0 atom stereocenters. The molecule has 14 heavy (non-hydrogen) atoms. The number of rotatable bonds is 2. The Labute approximate surface area is 79.9 Å². The fraction of sp³-hybridized carbons (Fsp3) is 0.250. The lowest BCUT2D eigenvalue weighted by atomic mass is 10.6. The van der Waals surface area contributed by atoms with E-state index in [2.05, 4.69) is 15.1 Å². The Hall–Kier alpha value is -1.98. The predicted octanol–water partition coefficient (Wildman–Crippen LogP) is -0.156. The molecule has 2 aromatic rings. The second-order valence-corrected chi connectivity index (χ2v) is 2.68. The van der Waals surface area contributed by atoms with Gasteiger partial charge in [-0.3, -0.25) is 4.79 Å². The monoisotopic (exact) mass is 191 g/mol. The van der Waals surface area contributed by atoms with Gasteiger partial charge >= 0.3 is 0 Å². The van der Waals surface area contributed by atoms with E-state index in [0.717, 1.165) is 0 Å². The molecule has 0 unspecified atom stereocenters. The molecule has 0 aliphatic heterocycles. The summed E-state index contributed by atoms with van der Waals surface area (Å²) in [6.45, 7) is 2.51. The molecule has 72 valence electrons. The lowest BCUT2D eigenvalue weighted by molar-refractivity contribution is 0.692. The molecule has 0 spiro atoms. The molecule has 0 bridgehead atoms. The van der Waals surface area contributed by atoms with E-state index in [1.807, 2.05) is 6.92 Å². The lowest BCUT2D eigenvalue weighted by Gasteiger charge is -2.02. The van der Waals surface area contributed by atoms with Crippen molar-refractivity contribution in [3.8, 4) is 5.82 Å². The van der Waals surface area contributed by atoms with Crippen LogP contribution in [-0.2, 0) is 6.54 Å². The highest BCUT2D eigenvalue weighted by molar-refractivity contribution is 5.14. The fourth-order valence-electron chi connectivity index (χ4n) is 1.16. The molecular weight excluding hydrogens is 182 g/mol. The summed E-state index contributed by atoms with van der Waals surface area (Å²) in [5.74, 6) is 0.270. The molecule has 6 heteroatoms. The summed E-state index contributed by atoms with van der Waals surface area (Å²) in [4.78, 5) is 19.4. The van der Waals surface area contributed by atoms with E-state index in [9.17, 15) is 4.79 Å². The van der Waals surface area contributed by atoms with Crippen molar-refractivity contribution in [1.29, 1.82) is 0 Å². The van der Waals surface area contributed by atoms with Crippen molar-refractivity contribution in [2.45, 2.75) is 13.5 Å². The Balaban J connectivity index is 2.60. The lowest BCUT2D eigenvalue weighted by Crippen LogP contribution is -2.24. The predicted molar refractivity (Wildman–Crippen MR) is 49.1 cm³/mol. The molecule has 2 aromatic heterocycles. The second-order valence-electron chi connectivity index (χ2n) is 2.68. The highest BCUT2D eigenvalue weighted by Gasteiger charge is 2.05. The Morgan fingerprint density at radius 3 is 3.00 bits per heavy atom. The van der Waals surface area contributed by atoms with E-state index in [4.69, 9.17) is 0 Å². The average Bonchev–Trinajstić information content (AvgIpc) is 2.71. The van der Waals surface area contributed by atoms with Crippen LogP contribution in [0.15, 0.2) is 29.8 Å². The van der Waals surface area contributed by atoms with Crippen LogP contribution in [0.3, 0.4) is 0 Å². The average molecular weight is 191 g/mol. The van der Waals surface area contributed by atoms with Crippen molar-refractivity contribution >= 4 is 0 Å². The topological polar surface area (TPSA) is 65.6 Å².